The highest BCUT2D eigenvalue weighted by atomic mass is 16.5. The second-order valence-electron chi connectivity index (χ2n) is 5.26. The number of nitrogens with one attached hydrogen (secondary N) is 2. The number of primary amides is 1. The van der Waals surface area contributed by atoms with Crippen LogP contribution in [0.4, 0.5) is 4.79 Å². The van der Waals surface area contributed by atoms with Crippen LogP contribution in [-0.2, 0) is 11.2 Å². The van der Waals surface area contributed by atoms with E-state index in [0.29, 0.717) is 13.0 Å². The second-order valence-corrected chi connectivity index (χ2v) is 5.26. The van der Waals surface area contributed by atoms with Crippen molar-refractivity contribution in [3.05, 3.63) is 29.8 Å². The predicted molar refractivity (Wildman–Crippen MR) is 85.7 cm³/mol. The zero-order valence-corrected chi connectivity index (χ0v) is 13.4. The normalized spacial score (nSPS) is 13.0. The van der Waals surface area contributed by atoms with Gasteiger partial charge in [-0.25, -0.2) is 4.79 Å². The summed E-state index contributed by atoms with van der Waals surface area (Å²) in [6.45, 7) is 4.37. The van der Waals surface area contributed by atoms with Gasteiger partial charge in [0, 0.05) is 6.54 Å². The van der Waals surface area contributed by atoms with Crippen LogP contribution in [0.2, 0.25) is 0 Å². The van der Waals surface area contributed by atoms with Crippen molar-refractivity contribution >= 4 is 11.9 Å². The van der Waals surface area contributed by atoms with Crippen molar-refractivity contribution in [2.45, 2.75) is 32.7 Å². The third kappa shape index (κ3) is 5.63. The molecule has 0 aliphatic rings. The Bertz CT molecular complexity index is 488. The van der Waals surface area contributed by atoms with Gasteiger partial charge in [-0.15, -0.1) is 0 Å². The van der Waals surface area contributed by atoms with Gasteiger partial charge in [-0.1, -0.05) is 32.4 Å². The van der Waals surface area contributed by atoms with E-state index >= 15 is 0 Å². The van der Waals surface area contributed by atoms with Gasteiger partial charge in [0.15, 0.2) is 0 Å². The quantitative estimate of drug-likeness (QED) is 0.678. The third-order valence-corrected chi connectivity index (χ3v) is 3.67. The zero-order chi connectivity index (χ0) is 16.5. The van der Waals surface area contributed by atoms with Crippen LogP contribution in [0.15, 0.2) is 24.3 Å². The number of methoxy groups -OCH3 is 1. The molecule has 122 valence electrons. The van der Waals surface area contributed by atoms with Gasteiger partial charge in [0.25, 0.3) is 0 Å². The lowest BCUT2D eigenvalue weighted by atomic mass is 9.98. The van der Waals surface area contributed by atoms with Gasteiger partial charge in [-0.3, -0.25) is 4.79 Å². The Morgan fingerprint density at radius 3 is 2.41 bits per heavy atom. The summed E-state index contributed by atoms with van der Waals surface area (Å²) in [4.78, 5) is 23.2. The van der Waals surface area contributed by atoms with E-state index in [4.69, 9.17) is 10.5 Å². The highest BCUT2D eigenvalue weighted by Gasteiger charge is 2.24. The van der Waals surface area contributed by atoms with E-state index in [1.165, 1.54) is 0 Å². The maximum atomic E-state index is 12.2. The Morgan fingerprint density at radius 1 is 1.27 bits per heavy atom. The molecule has 0 heterocycles. The Morgan fingerprint density at radius 2 is 1.91 bits per heavy atom. The van der Waals surface area contributed by atoms with Crippen molar-refractivity contribution < 1.29 is 14.3 Å². The summed E-state index contributed by atoms with van der Waals surface area (Å²) in [5.41, 5.74) is 6.23. The van der Waals surface area contributed by atoms with Gasteiger partial charge in [-0.2, -0.15) is 0 Å². The number of ether oxygens (including phenoxy) is 1. The molecule has 0 aliphatic carbocycles. The van der Waals surface area contributed by atoms with Gasteiger partial charge < -0.3 is 21.1 Å². The van der Waals surface area contributed by atoms with E-state index in [-0.39, 0.29) is 11.8 Å². The maximum Gasteiger partial charge on any atom is 0.312 e. The summed E-state index contributed by atoms with van der Waals surface area (Å²) < 4.78 is 5.10. The molecule has 4 N–H and O–H groups in total. The average Bonchev–Trinajstić information content (AvgIpc) is 2.52. The van der Waals surface area contributed by atoms with Crippen molar-refractivity contribution in [1.29, 1.82) is 0 Å². The first-order valence-electron chi connectivity index (χ1n) is 7.44. The van der Waals surface area contributed by atoms with Crippen LogP contribution in [0.3, 0.4) is 0 Å². The fraction of sp³-hybridized carbons (Fsp3) is 0.500. The van der Waals surface area contributed by atoms with Crippen molar-refractivity contribution in [3.63, 3.8) is 0 Å². The van der Waals surface area contributed by atoms with E-state index in [0.717, 1.165) is 17.7 Å². The molecule has 0 radical (unpaired) electrons. The van der Waals surface area contributed by atoms with Crippen molar-refractivity contribution in [1.82, 2.24) is 10.6 Å². The molecule has 1 aromatic carbocycles. The highest BCUT2D eigenvalue weighted by Crippen LogP contribution is 2.11. The van der Waals surface area contributed by atoms with Crippen LogP contribution in [0.1, 0.15) is 25.8 Å². The lowest BCUT2D eigenvalue weighted by Crippen LogP contribution is -2.52. The summed E-state index contributed by atoms with van der Waals surface area (Å²) in [7, 11) is 1.62. The Balaban J connectivity index is 2.49. The van der Waals surface area contributed by atoms with Crippen LogP contribution >= 0.6 is 0 Å². The van der Waals surface area contributed by atoms with Gasteiger partial charge in [0.1, 0.15) is 11.8 Å². The number of hydrogen-bond donors (Lipinski definition) is 3. The fourth-order valence-corrected chi connectivity index (χ4v) is 2.09. The van der Waals surface area contributed by atoms with Crippen LogP contribution < -0.4 is 21.1 Å². The molecule has 0 saturated heterocycles. The molecule has 0 saturated carbocycles. The Labute approximate surface area is 131 Å². The van der Waals surface area contributed by atoms with Gasteiger partial charge >= 0.3 is 6.03 Å². The van der Waals surface area contributed by atoms with E-state index in [1.54, 1.807) is 7.11 Å². The number of carbonyl (C=O) groups is 2. The molecule has 0 aromatic heterocycles. The molecule has 0 unspecified atom stereocenters. The van der Waals surface area contributed by atoms with Crippen molar-refractivity contribution in [3.8, 4) is 5.75 Å². The number of carbonyl (C=O) groups excluding carboxylic acids is 2. The largest absolute Gasteiger partial charge is 0.497 e. The molecule has 1 aromatic rings. The first kappa shape index (κ1) is 17.8. The summed E-state index contributed by atoms with van der Waals surface area (Å²) in [6, 6.07) is 6.40. The van der Waals surface area contributed by atoms with Crippen LogP contribution in [0, 0.1) is 5.92 Å². The molecule has 0 aliphatic heterocycles. The van der Waals surface area contributed by atoms with Gasteiger partial charge in [0.2, 0.25) is 5.91 Å². The highest BCUT2D eigenvalue weighted by molar-refractivity contribution is 5.86. The first-order valence-corrected chi connectivity index (χ1v) is 7.44. The van der Waals surface area contributed by atoms with Crippen LogP contribution in [0.5, 0.6) is 5.75 Å². The maximum absolute atomic E-state index is 12.2. The fourth-order valence-electron chi connectivity index (χ4n) is 2.09. The van der Waals surface area contributed by atoms with Crippen molar-refractivity contribution in [2.75, 3.05) is 13.7 Å². The molecule has 3 amide bonds. The zero-order valence-electron chi connectivity index (χ0n) is 13.4. The van der Waals surface area contributed by atoms with E-state index in [2.05, 4.69) is 10.6 Å². The number of urea groups is 1. The molecule has 2 atom stereocenters. The van der Waals surface area contributed by atoms with Crippen LogP contribution in [0.25, 0.3) is 0 Å². The molecule has 6 heteroatoms. The molecule has 22 heavy (non-hydrogen) atoms. The minimum absolute atomic E-state index is 0.0217. The molecule has 1 rings (SSSR count). The monoisotopic (exact) mass is 307 g/mol. The third-order valence-electron chi connectivity index (χ3n) is 3.67. The van der Waals surface area contributed by atoms with Gasteiger partial charge in [-0.05, 0) is 30.0 Å². The summed E-state index contributed by atoms with van der Waals surface area (Å²) in [5, 5.41) is 5.34. The first-order chi connectivity index (χ1) is 10.5. The number of rotatable bonds is 8. The summed E-state index contributed by atoms with van der Waals surface area (Å²) in [6.07, 6.45) is 1.48. The second kappa shape index (κ2) is 8.92. The van der Waals surface area contributed by atoms with Crippen molar-refractivity contribution in [2.24, 2.45) is 11.7 Å². The number of hydrogen-bond acceptors (Lipinski definition) is 3. The summed E-state index contributed by atoms with van der Waals surface area (Å²) >= 11 is 0. The Hall–Kier alpha value is -2.24. The summed E-state index contributed by atoms with van der Waals surface area (Å²) in [5.74, 6) is 0.616. The van der Waals surface area contributed by atoms with Crippen LogP contribution in [-0.4, -0.2) is 31.6 Å². The molecule has 0 spiro atoms. The number of amides is 3. The lowest BCUT2D eigenvalue weighted by molar-refractivity contribution is -0.124. The number of benzene rings is 1. The predicted octanol–water partition coefficient (Wildman–Crippen LogP) is 1.44. The number of nitrogens with two attached hydrogens (primary N) is 1. The molecule has 0 bridgehead atoms. The van der Waals surface area contributed by atoms with E-state index in [1.807, 2.05) is 38.1 Å². The average molecular weight is 307 g/mol. The van der Waals surface area contributed by atoms with E-state index < -0.39 is 12.1 Å². The van der Waals surface area contributed by atoms with E-state index in [9.17, 15) is 9.59 Å². The topological polar surface area (TPSA) is 93.5 Å². The minimum atomic E-state index is -0.685. The lowest BCUT2D eigenvalue weighted by Gasteiger charge is -2.22. The molecule has 6 nitrogen and oxygen atoms in total. The molecular formula is C16H25N3O3. The Kier molecular flexibility index (Phi) is 7.22. The molecule has 0 fully saturated rings. The molecular weight excluding hydrogens is 282 g/mol. The standard InChI is InChI=1S/C16H25N3O3/c1-4-11(2)14(19-16(17)21)15(20)18-10-9-12-5-7-13(22-3)8-6-12/h5-8,11,14H,4,9-10H2,1-3H3,(H,18,20)(H3,17,19,21)/t11-,14-/m1/s1. The minimum Gasteiger partial charge on any atom is -0.497 e. The smallest absolute Gasteiger partial charge is 0.312 e. The van der Waals surface area contributed by atoms with Gasteiger partial charge in [0.05, 0.1) is 7.11 Å². The SMILES string of the molecule is CC[C@@H](C)[C@@H](NC(N)=O)C(=O)NCCc1ccc(OC)cc1.